The summed E-state index contributed by atoms with van der Waals surface area (Å²) in [6.07, 6.45) is 7.91. The minimum absolute atomic E-state index is 0.327. The van der Waals surface area contributed by atoms with E-state index in [-0.39, 0.29) is 5.92 Å². The van der Waals surface area contributed by atoms with E-state index in [0.717, 1.165) is 53.5 Å². The average molecular weight is 377 g/mol. The number of benzene rings is 1. The van der Waals surface area contributed by atoms with Crippen molar-refractivity contribution >= 4 is 5.97 Å². The number of rotatable bonds is 8. The van der Waals surface area contributed by atoms with Crippen LogP contribution in [0, 0.1) is 30.1 Å². The largest absolute Gasteiger partial charge is 0.464 e. The number of nitriles is 1. The van der Waals surface area contributed by atoms with Gasteiger partial charge in [-0.1, -0.05) is 57.4 Å². The Kier molecular flexibility index (Phi) is 6.46. The molecule has 1 aromatic heterocycles. The first-order chi connectivity index (χ1) is 13.6. The van der Waals surface area contributed by atoms with Crippen molar-refractivity contribution in [3.8, 4) is 17.2 Å². The number of carbonyl (C=O) groups excluding carboxylic acids is 1. The number of unbranched alkanes of at least 4 members (excludes halogenated alkanes) is 1. The molecular formula is C24H28N2O2. The van der Waals surface area contributed by atoms with Crippen molar-refractivity contribution in [2.45, 2.75) is 52.4 Å². The second-order valence-electron chi connectivity index (χ2n) is 7.64. The van der Waals surface area contributed by atoms with E-state index in [2.05, 4.69) is 31.0 Å². The maximum atomic E-state index is 12.9. The molecule has 4 nitrogen and oxygen atoms in total. The highest BCUT2D eigenvalue weighted by molar-refractivity contribution is 5.86. The predicted molar refractivity (Wildman–Crippen MR) is 110 cm³/mol. The third-order valence-electron chi connectivity index (χ3n) is 5.80. The molecule has 1 aliphatic carbocycles. The second kappa shape index (κ2) is 9.01. The Hall–Kier alpha value is -2.67. The minimum Gasteiger partial charge on any atom is -0.464 e. The molecular weight excluding hydrogens is 348 g/mol. The zero-order valence-electron chi connectivity index (χ0n) is 16.9. The first-order valence-corrected chi connectivity index (χ1v) is 10.2. The van der Waals surface area contributed by atoms with Crippen LogP contribution in [-0.4, -0.2) is 17.6 Å². The van der Waals surface area contributed by atoms with Gasteiger partial charge in [0.05, 0.1) is 12.7 Å². The predicted octanol–water partition coefficient (Wildman–Crippen LogP) is 5.40. The number of esters is 1. The Balaban J connectivity index is 1.86. The van der Waals surface area contributed by atoms with E-state index < -0.39 is 11.9 Å². The molecule has 1 heterocycles. The van der Waals surface area contributed by atoms with Crippen LogP contribution >= 0.6 is 0 Å². The van der Waals surface area contributed by atoms with E-state index in [1.807, 2.05) is 31.3 Å². The van der Waals surface area contributed by atoms with Gasteiger partial charge in [-0.15, -0.1) is 0 Å². The molecule has 146 valence electrons. The van der Waals surface area contributed by atoms with Gasteiger partial charge in [0, 0.05) is 18.3 Å². The van der Waals surface area contributed by atoms with Crippen LogP contribution in [0.3, 0.4) is 0 Å². The van der Waals surface area contributed by atoms with E-state index in [1.165, 1.54) is 0 Å². The van der Waals surface area contributed by atoms with Crippen LogP contribution in [0.2, 0.25) is 0 Å². The summed E-state index contributed by atoms with van der Waals surface area (Å²) in [7, 11) is 0. The molecule has 0 saturated heterocycles. The fourth-order valence-electron chi connectivity index (χ4n) is 4.16. The molecule has 0 amide bonds. The summed E-state index contributed by atoms with van der Waals surface area (Å²) in [6.45, 7) is 6.69. The van der Waals surface area contributed by atoms with Crippen molar-refractivity contribution in [1.29, 1.82) is 5.26 Å². The number of hydrogen-bond donors (Lipinski definition) is 0. The van der Waals surface area contributed by atoms with Crippen LogP contribution in [0.4, 0.5) is 0 Å². The number of pyridine rings is 1. The highest BCUT2D eigenvalue weighted by Crippen LogP contribution is 2.49. The molecule has 0 radical (unpaired) electrons. The molecule has 1 aromatic carbocycles. The first-order valence-electron chi connectivity index (χ1n) is 10.2. The Morgan fingerprint density at radius 3 is 2.75 bits per heavy atom. The molecule has 0 saturated carbocycles. The van der Waals surface area contributed by atoms with Gasteiger partial charge in [-0.25, -0.2) is 0 Å². The second-order valence-corrected chi connectivity index (χ2v) is 7.64. The van der Waals surface area contributed by atoms with E-state index in [4.69, 9.17) is 4.74 Å². The van der Waals surface area contributed by atoms with Gasteiger partial charge in [0.2, 0.25) is 0 Å². The first kappa shape index (κ1) is 20.1. The highest BCUT2D eigenvalue weighted by atomic mass is 16.5. The Morgan fingerprint density at radius 1 is 1.25 bits per heavy atom. The summed E-state index contributed by atoms with van der Waals surface area (Å²) < 4.78 is 5.64. The Morgan fingerprint density at radius 2 is 2.04 bits per heavy atom. The summed E-state index contributed by atoms with van der Waals surface area (Å²) in [6, 6.07) is 10.2. The lowest BCUT2D eigenvalue weighted by Crippen LogP contribution is -2.25. The Labute approximate surface area is 167 Å². The van der Waals surface area contributed by atoms with Crippen LogP contribution < -0.4 is 0 Å². The molecule has 0 fully saturated rings. The molecule has 4 heteroatoms. The number of hydrogen-bond acceptors (Lipinski definition) is 4. The summed E-state index contributed by atoms with van der Waals surface area (Å²) in [5.41, 5.74) is 5.20. The van der Waals surface area contributed by atoms with Gasteiger partial charge in [0.1, 0.15) is 0 Å². The highest BCUT2D eigenvalue weighted by Gasteiger charge is 2.40. The molecule has 2 aromatic rings. The van der Waals surface area contributed by atoms with E-state index in [1.54, 1.807) is 6.20 Å². The molecule has 1 aliphatic rings. The zero-order chi connectivity index (χ0) is 20.1. The molecule has 0 aliphatic heterocycles. The average Bonchev–Trinajstić information content (AvgIpc) is 3.04. The summed E-state index contributed by atoms with van der Waals surface area (Å²) >= 11 is 0. The van der Waals surface area contributed by atoms with Gasteiger partial charge in [0.25, 0.3) is 0 Å². The van der Waals surface area contributed by atoms with Crippen molar-refractivity contribution in [3.05, 3.63) is 53.3 Å². The molecule has 3 atom stereocenters. The van der Waals surface area contributed by atoms with Crippen molar-refractivity contribution in [3.63, 3.8) is 0 Å². The van der Waals surface area contributed by atoms with Crippen LogP contribution in [0.1, 0.15) is 62.1 Å². The molecule has 0 bridgehead atoms. The molecule has 3 rings (SSSR count). The van der Waals surface area contributed by atoms with Gasteiger partial charge in [-0.05, 0) is 47.1 Å². The summed E-state index contributed by atoms with van der Waals surface area (Å²) in [4.78, 5) is 17.2. The van der Waals surface area contributed by atoms with Crippen LogP contribution in [0.25, 0.3) is 11.1 Å². The van der Waals surface area contributed by atoms with Gasteiger partial charge >= 0.3 is 5.97 Å². The number of carbonyl (C=O) groups is 1. The standard InChI is InChI=1S/C24H28N2O2/c1-4-6-9-17(5-2)15-28-24(27)20(12-25)23-19-11-8-7-10-18(19)22-16(3)13-26-14-21(22)23/h7-8,10-11,13-14,17,20,23H,4-6,9,15H2,1-3H3. The molecule has 0 N–H and O–H groups in total. The van der Waals surface area contributed by atoms with Gasteiger partial charge < -0.3 is 4.74 Å². The SMILES string of the molecule is CCCCC(CC)COC(=O)C(C#N)C1c2ccccc2-c2c(C)cncc21. The van der Waals surface area contributed by atoms with Crippen molar-refractivity contribution in [2.75, 3.05) is 6.61 Å². The maximum absolute atomic E-state index is 12.9. The monoisotopic (exact) mass is 376 g/mol. The molecule has 28 heavy (non-hydrogen) atoms. The fraction of sp³-hybridized carbons (Fsp3) is 0.458. The third kappa shape index (κ3) is 3.80. The van der Waals surface area contributed by atoms with Gasteiger partial charge in [-0.2, -0.15) is 5.26 Å². The van der Waals surface area contributed by atoms with Crippen LogP contribution in [0.5, 0.6) is 0 Å². The van der Waals surface area contributed by atoms with Crippen LogP contribution in [0.15, 0.2) is 36.7 Å². The Bertz CT molecular complexity index is 884. The minimum atomic E-state index is -0.866. The lowest BCUT2D eigenvalue weighted by atomic mass is 9.85. The van der Waals surface area contributed by atoms with Crippen molar-refractivity contribution in [2.24, 2.45) is 11.8 Å². The number of aryl methyl sites for hydroxylation is 1. The van der Waals surface area contributed by atoms with Crippen molar-refractivity contribution in [1.82, 2.24) is 4.98 Å². The van der Waals surface area contributed by atoms with Crippen molar-refractivity contribution < 1.29 is 9.53 Å². The number of ether oxygens (including phenoxy) is 1. The third-order valence-corrected chi connectivity index (χ3v) is 5.80. The zero-order valence-corrected chi connectivity index (χ0v) is 16.9. The molecule has 0 spiro atoms. The van der Waals surface area contributed by atoms with Gasteiger partial charge in [-0.3, -0.25) is 9.78 Å². The van der Waals surface area contributed by atoms with E-state index in [0.29, 0.717) is 12.5 Å². The smallest absolute Gasteiger partial charge is 0.324 e. The number of fused-ring (bicyclic) bond motifs is 3. The van der Waals surface area contributed by atoms with Gasteiger partial charge in [0.15, 0.2) is 5.92 Å². The quantitative estimate of drug-likeness (QED) is 0.579. The molecule has 3 unspecified atom stereocenters. The van der Waals surface area contributed by atoms with E-state index >= 15 is 0 Å². The number of nitrogens with zero attached hydrogens (tertiary/aromatic N) is 2. The normalized spacial score (nSPS) is 16.6. The lowest BCUT2D eigenvalue weighted by molar-refractivity contribution is -0.148. The van der Waals surface area contributed by atoms with E-state index in [9.17, 15) is 10.1 Å². The lowest BCUT2D eigenvalue weighted by Gasteiger charge is -2.20. The summed E-state index contributed by atoms with van der Waals surface area (Å²) in [5, 5.41) is 9.87. The topological polar surface area (TPSA) is 63.0 Å². The maximum Gasteiger partial charge on any atom is 0.324 e. The van der Waals surface area contributed by atoms with Crippen LogP contribution in [-0.2, 0) is 9.53 Å². The summed E-state index contributed by atoms with van der Waals surface area (Å²) in [5.74, 6) is -1.26. The fourth-order valence-corrected chi connectivity index (χ4v) is 4.16. The number of aromatic nitrogens is 1.